The largest absolute Gasteiger partial charge is 0.349 e. The van der Waals surface area contributed by atoms with Gasteiger partial charge in [-0.05, 0) is 60.6 Å². The van der Waals surface area contributed by atoms with Gasteiger partial charge in [0.2, 0.25) is 0 Å². The van der Waals surface area contributed by atoms with Crippen LogP contribution in [0.1, 0.15) is 50.2 Å². The molecule has 2 aliphatic heterocycles. The van der Waals surface area contributed by atoms with E-state index in [1.165, 1.54) is 11.1 Å². The number of H-pyrrole nitrogens is 1. The Labute approximate surface area is 185 Å². The predicted molar refractivity (Wildman–Crippen MR) is 124 cm³/mol. The number of nitrogens with one attached hydrogen (secondary N) is 1. The first-order valence-electron chi connectivity index (χ1n) is 10.7. The molecule has 0 aromatic heterocycles. The van der Waals surface area contributed by atoms with Crippen molar-refractivity contribution in [3.63, 3.8) is 0 Å². The van der Waals surface area contributed by atoms with Gasteiger partial charge in [0.25, 0.3) is 5.56 Å². The van der Waals surface area contributed by atoms with E-state index in [-0.39, 0.29) is 5.69 Å². The molecule has 0 fully saturated rings. The highest BCUT2D eigenvalue weighted by Gasteiger charge is 2.20. The third-order valence-electron chi connectivity index (χ3n) is 5.75. The molecule has 160 valence electrons. The fourth-order valence-corrected chi connectivity index (χ4v) is 4.27. The first-order valence-corrected chi connectivity index (χ1v) is 11.1. The van der Waals surface area contributed by atoms with Gasteiger partial charge in [0.05, 0.1) is 11.0 Å². The average Bonchev–Trinajstić information content (AvgIpc) is 2.75. The first-order chi connectivity index (χ1) is 15.0. The van der Waals surface area contributed by atoms with Crippen LogP contribution in [0.15, 0.2) is 52.1 Å². The van der Waals surface area contributed by atoms with Gasteiger partial charge in [0.1, 0.15) is 0 Å². The Bertz CT molecular complexity index is 1290. The normalized spacial score (nSPS) is 12.5. The third-order valence-corrected chi connectivity index (χ3v) is 6.00. The van der Waals surface area contributed by atoms with Crippen molar-refractivity contribution in [3.8, 4) is 11.5 Å². The number of rotatable bonds is 7. The first kappa shape index (κ1) is 21.2. The second-order valence-electron chi connectivity index (χ2n) is 7.83. The van der Waals surface area contributed by atoms with E-state index >= 15 is 0 Å². The number of fused-ring (bicyclic) bond motifs is 2. The van der Waals surface area contributed by atoms with Crippen LogP contribution >= 0.6 is 11.6 Å². The quantitative estimate of drug-likeness (QED) is 0.423. The lowest BCUT2D eigenvalue weighted by molar-refractivity contribution is 0.540. The van der Waals surface area contributed by atoms with E-state index in [1.807, 2.05) is 28.8 Å². The molecule has 0 saturated heterocycles. The van der Waals surface area contributed by atoms with Crippen molar-refractivity contribution in [2.45, 2.75) is 52.0 Å². The van der Waals surface area contributed by atoms with Crippen LogP contribution in [0.2, 0.25) is 5.02 Å². The topological polar surface area (TPSA) is 80.6 Å². The summed E-state index contributed by atoms with van der Waals surface area (Å²) in [6.45, 7) is 4.90. The molecule has 2 aliphatic rings. The van der Waals surface area contributed by atoms with Gasteiger partial charge < -0.3 is 4.57 Å². The van der Waals surface area contributed by atoms with E-state index in [4.69, 9.17) is 11.6 Å². The molecule has 2 aromatic carbocycles. The van der Waals surface area contributed by atoms with Gasteiger partial charge in [-0.3, -0.25) is 9.78 Å². The zero-order chi connectivity index (χ0) is 22.0. The second-order valence-corrected chi connectivity index (χ2v) is 8.26. The van der Waals surface area contributed by atoms with Gasteiger partial charge >= 0.3 is 5.69 Å². The molecule has 6 nitrogen and oxygen atoms in total. The monoisotopic (exact) mass is 436 g/mol. The molecule has 0 saturated carbocycles. The molecule has 0 amide bonds. The molecular formula is C24H25ClN4O2. The minimum absolute atomic E-state index is 0.195. The molecule has 0 spiro atoms. The highest BCUT2D eigenvalue weighted by molar-refractivity contribution is 6.30. The van der Waals surface area contributed by atoms with Crippen LogP contribution in [0, 0.1) is 0 Å². The molecule has 0 aliphatic carbocycles. The summed E-state index contributed by atoms with van der Waals surface area (Å²) in [5.74, 6) is 0.645. The number of hydrogen-bond donors (Lipinski definition) is 1. The molecule has 1 atom stereocenters. The van der Waals surface area contributed by atoms with Gasteiger partial charge in [-0.25, -0.2) is 9.78 Å². The van der Waals surface area contributed by atoms with Crippen LogP contribution in [-0.2, 0) is 13.0 Å². The zero-order valence-electron chi connectivity index (χ0n) is 17.7. The van der Waals surface area contributed by atoms with Crippen LogP contribution in [0.25, 0.3) is 22.6 Å². The standard InChI is InChI=1S/C24H25ClN4O2/c1-3-5-15-6-11-20-19(14-15)26-21-22(27-24(31)28-23(21)30)29(20)13-12-16(4-2)17-7-9-18(25)10-8-17/h6-11,14,16H,3-5,12-13H2,1-2H3,(H,28,30,31). The third kappa shape index (κ3) is 4.39. The van der Waals surface area contributed by atoms with Crippen molar-refractivity contribution in [2.24, 2.45) is 0 Å². The maximum absolute atomic E-state index is 12.5. The van der Waals surface area contributed by atoms with Crippen molar-refractivity contribution in [1.82, 2.24) is 19.5 Å². The van der Waals surface area contributed by atoms with E-state index in [0.717, 1.165) is 36.7 Å². The van der Waals surface area contributed by atoms with Crippen molar-refractivity contribution >= 4 is 22.6 Å². The molecular weight excluding hydrogens is 412 g/mol. The summed E-state index contributed by atoms with van der Waals surface area (Å²) in [5.41, 5.74) is 3.04. The molecule has 2 heterocycles. The second kappa shape index (κ2) is 9.02. The fraction of sp³-hybridized carbons (Fsp3) is 0.333. The minimum Gasteiger partial charge on any atom is -0.322 e. The number of aromatic amines is 1. The van der Waals surface area contributed by atoms with Crippen molar-refractivity contribution in [1.29, 1.82) is 0 Å². The SMILES string of the molecule is CCCc1ccc2c(c1)nc1c(=O)[nH]c(=O)nc-1n2CCC(CC)c1ccc(Cl)cc1. The lowest BCUT2D eigenvalue weighted by atomic mass is 9.93. The number of aryl methyl sites for hydroxylation is 2. The summed E-state index contributed by atoms with van der Waals surface area (Å²) in [7, 11) is 0. The molecule has 2 aromatic rings. The summed E-state index contributed by atoms with van der Waals surface area (Å²) >= 11 is 6.05. The summed E-state index contributed by atoms with van der Waals surface area (Å²) in [6, 6.07) is 14.0. The van der Waals surface area contributed by atoms with Crippen LogP contribution in [-0.4, -0.2) is 19.5 Å². The average molecular weight is 437 g/mol. The number of nitrogens with zero attached hydrogens (tertiary/aromatic N) is 3. The highest BCUT2D eigenvalue weighted by Crippen LogP contribution is 2.28. The van der Waals surface area contributed by atoms with E-state index < -0.39 is 11.2 Å². The zero-order valence-corrected chi connectivity index (χ0v) is 18.4. The fourth-order valence-electron chi connectivity index (χ4n) is 4.14. The Morgan fingerprint density at radius 3 is 2.55 bits per heavy atom. The summed E-state index contributed by atoms with van der Waals surface area (Å²) in [5, 5.41) is 0.716. The number of hydrogen-bond acceptors (Lipinski definition) is 4. The number of aromatic nitrogens is 4. The molecule has 31 heavy (non-hydrogen) atoms. The van der Waals surface area contributed by atoms with Gasteiger partial charge in [-0.15, -0.1) is 0 Å². The summed E-state index contributed by atoms with van der Waals surface area (Å²) in [6.07, 6.45) is 3.76. The van der Waals surface area contributed by atoms with Gasteiger partial charge in [-0.1, -0.05) is 50.1 Å². The van der Waals surface area contributed by atoms with E-state index in [0.29, 0.717) is 23.3 Å². The summed E-state index contributed by atoms with van der Waals surface area (Å²) < 4.78 is 1.96. The van der Waals surface area contributed by atoms with E-state index in [2.05, 4.69) is 47.0 Å². The van der Waals surface area contributed by atoms with Gasteiger partial charge in [0.15, 0.2) is 11.5 Å². The lowest BCUT2D eigenvalue weighted by Crippen LogP contribution is -2.29. The molecule has 1 unspecified atom stereocenters. The van der Waals surface area contributed by atoms with Gasteiger partial charge in [0, 0.05) is 11.6 Å². The summed E-state index contributed by atoms with van der Waals surface area (Å²) in [4.78, 5) is 35.3. The van der Waals surface area contributed by atoms with Crippen molar-refractivity contribution < 1.29 is 0 Å². The Morgan fingerprint density at radius 2 is 1.84 bits per heavy atom. The smallest absolute Gasteiger partial charge is 0.322 e. The highest BCUT2D eigenvalue weighted by atomic mass is 35.5. The molecule has 0 bridgehead atoms. The number of benzene rings is 2. The van der Waals surface area contributed by atoms with Crippen LogP contribution < -0.4 is 11.2 Å². The Hall–Kier alpha value is -2.99. The van der Waals surface area contributed by atoms with E-state index in [9.17, 15) is 9.59 Å². The Balaban J connectivity index is 1.80. The molecule has 1 N–H and O–H groups in total. The van der Waals surface area contributed by atoms with Crippen LogP contribution in [0.4, 0.5) is 0 Å². The molecule has 4 rings (SSSR count). The molecule has 7 heteroatoms. The minimum atomic E-state index is -0.653. The number of halogens is 1. The Morgan fingerprint density at radius 1 is 1.06 bits per heavy atom. The van der Waals surface area contributed by atoms with Crippen molar-refractivity contribution in [2.75, 3.05) is 0 Å². The molecule has 0 radical (unpaired) electrons. The Kier molecular flexibility index (Phi) is 6.18. The van der Waals surface area contributed by atoms with Crippen LogP contribution in [0.3, 0.4) is 0 Å². The van der Waals surface area contributed by atoms with E-state index in [1.54, 1.807) is 0 Å². The maximum Gasteiger partial charge on any atom is 0.349 e. The van der Waals surface area contributed by atoms with Gasteiger partial charge in [-0.2, -0.15) is 4.98 Å². The lowest BCUT2D eigenvalue weighted by Gasteiger charge is -2.20. The van der Waals surface area contributed by atoms with Crippen molar-refractivity contribution in [3.05, 3.63) is 79.5 Å². The predicted octanol–water partition coefficient (Wildman–Crippen LogP) is 4.77. The van der Waals surface area contributed by atoms with Crippen LogP contribution in [0.5, 0.6) is 0 Å². The maximum atomic E-state index is 12.5.